The summed E-state index contributed by atoms with van der Waals surface area (Å²) in [7, 11) is 0. The Kier molecular flexibility index (Phi) is 30.6. The highest BCUT2D eigenvalue weighted by molar-refractivity contribution is 5.79. The maximum Gasteiger partial charge on any atom is 0.222 e. The molecule has 0 aromatic carbocycles. The highest BCUT2D eigenvalue weighted by atomic mass is 16.7. The molecule has 76 heavy (non-hydrogen) atoms. The van der Waals surface area contributed by atoms with Crippen molar-refractivity contribution in [3.8, 4) is 0 Å². The van der Waals surface area contributed by atoms with Crippen LogP contribution in [-0.2, 0) is 57.1 Å². The van der Waals surface area contributed by atoms with E-state index in [-0.39, 0.29) is 89.0 Å². The topological polar surface area (TPSA) is 403 Å². The van der Waals surface area contributed by atoms with E-state index in [1.54, 1.807) is 0 Å². The Labute approximate surface area is 443 Å². The molecular weight excluding hydrogens is 1010 g/mol. The fraction of sp³-hybridized carbons (Fsp3) is 0.918. The number of unbranched alkanes of at least 4 members (excludes halogenated alkanes) is 2. The Morgan fingerprint density at radius 1 is 0.395 bits per heavy atom. The molecule has 4 aliphatic heterocycles. The van der Waals surface area contributed by atoms with Gasteiger partial charge in [-0.3, -0.25) is 19.2 Å². The van der Waals surface area contributed by atoms with Gasteiger partial charge in [-0.25, -0.2) is 0 Å². The van der Waals surface area contributed by atoms with Gasteiger partial charge in [-0.05, 0) is 66.7 Å². The molecule has 4 heterocycles. The molecule has 0 spiro atoms. The van der Waals surface area contributed by atoms with E-state index in [2.05, 4.69) is 5.32 Å². The molecule has 3 amide bonds. The summed E-state index contributed by atoms with van der Waals surface area (Å²) < 4.78 is 43.9. The number of hydrogen-bond acceptors (Lipinski definition) is 24. The first kappa shape index (κ1) is 67.6. The molecule has 20 atom stereocenters. The molecule has 4 aliphatic rings. The van der Waals surface area contributed by atoms with Crippen LogP contribution in [0.2, 0.25) is 0 Å². The normalized spacial score (nSPS) is 35.7. The third-order valence-corrected chi connectivity index (χ3v) is 13.6. The van der Waals surface area contributed by atoms with Crippen LogP contribution in [0, 0.1) is 0 Å². The van der Waals surface area contributed by atoms with Gasteiger partial charge in [-0.1, -0.05) is 6.92 Å². The Balaban J connectivity index is 0.000000400. The highest BCUT2D eigenvalue weighted by Crippen LogP contribution is 2.25. The van der Waals surface area contributed by atoms with Crippen molar-refractivity contribution >= 4 is 23.5 Å². The van der Waals surface area contributed by atoms with Crippen LogP contribution in [0.5, 0.6) is 0 Å². The minimum absolute atomic E-state index is 0.0531. The highest BCUT2D eigenvalue weighted by Gasteiger charge is 2.46. The van der Waals surface area contributed by atoms with E-state index in [9.17, 15) is 80.5 Å². The zero-order valence-corrected chi connectivity index (χ0v) is 44.6. The number of hydrogen-bond donors (Lipinski definition) is 13. The van der Waals surface area contributed by atoms with E-state index in [1.807, 2.05) is 13.8 Å². The molecule has 444 valence electrons. The predicted molar refractivity (Wildman–Crippen MR) is 262 cm³/mol. The number of aliphatic hydroxyl groups is 12. The predicted octanol–water partition coefficient (Wildman–Crippen LogP) is -4.37. The largest absolute Gasteiger partial charge is 0.388 e. The molecule has 0 unspecified atom stereocenters. The van der Waals surface area contributed by atoms with E-state index >= 15 is 0 Å². The first-order chi connectivity index (χ1) is 35.9. The summed E-state index contributed by atoms with van der Waals surface area (Å²) >= 11 is 0. The molecule has 0 aromatic rings. The molecule has 4 fully saturated rings. The Morgan fingerprint density at radius 2 is 0.671 bits per heavy atom. The molecule has 0 radical (unpaired) electrons. The van der Waals surface area contributed by atoms with Crippen LogP contribution >= 0.6 is 0 Å². The van der Waals surface area contributed by atoms with E-state index in [0.717, 1.165) is 6.42 Å². The number of carbonyl (C=O) groups is 4. The average Bonchev–Trinajstić information content (AvgIpc) is 3.38. The van der Waals surface area contributed by atoms with Crippen molar-refractivity contribution in [2.45, 2.75) is 229 Å². The molecule has 0 saturated carbocycles. The van der Waals surface area contributed by atoms with Gasteiger partial charge in [-0.2, -0.15) is 0 Å². The van der Waals surface area contributed by atoms with Crippen LogP contribution in [0.1, 0.15) is 106 Å². The van der Waals surface area contributed by atoms with Crippen molar-refractivity contribution in [2.24, 2.45) is 0 Å². The summed E-state index contributed by atoms with van der Waals surface area (Å²) in [6, 6.07) is 0. The standard InChI is InChI=1S/C25H45NO12.C24H44N2O12/c1-4-7-16(27)8-5-6-9-17(28)26(10-12-35-24-22(33)20(31)18(29)14(2)37-24)11-13-36-25-23(34)21(32)19(30)15(3)38-25;1-4-25-15(27)7-5-6-8-16(28)26(9-11-35-23-21(33)19(31)17(29)13(2)37-23)10-12-36-24-22(34)20(32)18(30)14(3)38-24/h14-15,18-25,29-34H,4-13H2,1-3H3;13-14,17-24,29-34H,4-12H2,1-3H3,(H,25,27)/t14-,15-,18+,19+,20+,21+,22-,23-,24+,25+;13-,14-,17+,18+,19+,20+,21-,22-,23+,24+/m00/s1. The lowest BCUT2D eigenvalue weighted by Crippen LogP contribution is -2.57. The molecule has 4 saturated heterocycles. The number of rotatable bonds is 29. The smallest absolute Gasteiger partial charge is 0.222 e. The quantitative estimate of drug-likeness (QED) is 0.0315. The third-order valence-electron chi connectivity index (χ3n) is 13.6. The zero-order chi connectivity index (χ0) is 56.8. The number of ketones is 1. The van der Waals surface area contributed by atoms with Crippen LogP contribution in [0.3, 0.4) is 0 Å². The number of nitrogens with one attached hydrogen (secondary N) is 1. The molecule has 27 heteroatoms. The molecule has 0 bridgehead atoms. The third kappa shape index (κ3) is 21.1. The second-order valence-electron chi connectivity index (χ2n) is 19.6. The van der Waals surface area contributed by atoms with Gasteiger partial charge in [0.15, 0.2) is 25.2 Å². The number of aliphatic hydroxyl groups excluding tert-OH is 12. The Bertz CT molecular complexity index is 1500. The van der Waals surface area contributed by atoms with Gasteiger partial charge < -0.3 is 114 Å². The molecule has 0 aromatic heterocycles. The van der Waals surface area contributed by atoms with Gasteiger partial charge in [0.25, 0.3) is 0 Å². The first-order valence-electron chi connectivity index (χ1n) is 26.5. The van der Waals surface area contributed by atoms with Crippen molar-refractivity contribution in [1.29, 1.82) is 0 Å². The summed E-state index contributed by atoms with van der Waals surface area (Å²) in [5.41, 5.74) is 0. The van der Waals surface area contributed by atoms with Crippen molar-refractivity contribution in [1.82, 2.24) is 15.1 Å². The summed E-state index contributed by atoms with van der Waals surface area (Å²) in [5.74, 6) is -0.378. The van der Waals surface area contributed by atoms with Crippen molar-refractivity contribution < 1.29 is 118 Å². The fourth-order valence-electron chi connectivity index (χ4n) is 8.61. The van der Waals surface area contributed by atoms with Crippen molar-refractivity contribution in [3.05, 3.63) is 0 Å². The summed E-state index contributed by atoms with van der Waals surface area (Å²) in [6.07, 6.45) is -20.1. The number of carbonyl (C=O) groups excluding carboxylic acids is 4. The van der Waals surface area contributed by atoms with Crippen LogP contribution in [0.15, 0.2) is 0 Å². The maximum atomic E-state index is 12.9. The number of amides is 3. The minimum Gasteiger partial charge on any atom is -0.388 e. The monoisotopic (exact) mass is 1100 g/mol. The van der Waals surface area contributed by atoms with Gasteiger partial charge in [0.1, 0.15) is 79.0 Å². The molecule has 0 aliphatic carbocycles. The summed E-state index contributed by atoms with van der Waals surface area (Å²) in [6.45, 7) is 10.5. The van der Waals surface area contributed by atoms with Gasteiger partial charge in [-0.15, -0.1) is 0 Å². The Hall–Kier alpha value is -2.72. The number of Topliss-reactive ketones (excluding diaryl/α,β-unsaturated/α-hetero) is 1. The van der Waals surface area contributed by atoms with E-state index in [1.165, 1.54) is 37.5 Å². The fourth-order valence-corrected chi connectivity index (χ4v) is 8.61. The molecule has 27 nitrogen and oxygen atoms in total. The lowest BCUT2D eigenvalue weighted by molar-refractivity contribution is -0.295. The second-order valence-corrected chi connectivity index (χ2v) is 19.6. The van der Waals surface area contributed by atoms with Crippen molar-refractivity contribution in [2.75, 3.05) is 59.2 Å². The molecular formula is C49H89N3O24. The minimum atomic E-state index is -1.48. The van der Waals surface area contributed by atoms with Gasteiger partial charge in [0.05, 0.1) is 50.8 Å². The summed E-state index contributed by atoms with van der Waals surface area (Å²) in [5, 5.41) is 122. The number of ether oxygens (including phenoxy) is 8. The lowest BCUT2D eigenvalue weighted by atomic mass is 10.0. The first-order valence-corrected chi connectivity index (χ1v) is 26.5. The molecule has 13 N–H and O–H groups in total. The van der Waals surface area contributed by atoms with Crippen LogP contribution in [0.4, 0.5) is 0 Å². The van der Waals surface area contributed by atoms with E-state index in [0.29, 0.717) is 51.5 Å². The van der Waals surface area contributed by atoms with Gasteiger partial charge >= 0.3 is 0 Å². The van der Waals surface area contributed by atoms with Crippen LogP contribution in [0.25, 0.3) is 0 Å². The lowest BCUT2D eigenvalue weighted by Gasteiger charge is -2.39. The van der Waals surface area contributed by atoms with E-state index in [4.69, 9.17) is 37.9 Å². The van der Waals surface area contributed by atoms with E-state index < -0.39 is 123 Å². The van der Waals surface area contributed by atoms with Crippen molar-refractivity contribution in [3.63, 3.8) is 0 Å². The van der Waals surface area contributed by atoms with Crippen LogP contribution < -0.4 is 5.32 Å². The molecule has 4 rings (SSSR count). The Morgan fingerprint density at radius 3 is 0.947 bits per heavy atom. The average molecular weight is 1100 g/mol. The van der Waals surface area contributed by atoms with Gasteiger partial charge in [0, 0.05) is 64.8 Å². The number of nitrogens with zero attached hydrogens (tertiary/aromatic N) is 2. The zero-order valence-electron chi connectivity index (χ0n) is 44.6. The van der Waals surface area contributed by atoms with Gasteiger partial charge in [0.2, 0.25) is 17.7 Å². The van der Waals surface area contributed by atoms with Crippen LogP contribution in [-0.4, -0.2) is 277 Å². The summed E-state index contributed by atoms with van der Waals surface area (Å²) in [4.78, 5) is 52.1. The second kappa shape index (κ2) is 34.4. The SMILES string of the molecule is CCCC(=O)CCCCC(=O)N(CCO[C@@H]1O[C@@H](C)[C@@H](O)[C@@H](O)[C@@H]1O)CCO[C@@H]1O[C@@H](C)[C@@H](O)[C@@H](O)[C@@H]1O.CCNC(=O)CCCCC(=O)N(CCO[C@@H]1O[C@@H](C)[C@@H](O)[C@@H](O)[C@@H]1O)CCO[C@@H]1O[C@@H](C)[C@@H](O)[C@@H](O)[C@@H]1O. The maximum absolute atomic E-state index is 12.9.